The molecule has 162 valence electrons. The third-order valence-electron chi connectivity index (χ3n) is 5.92. The topological polar surface area (TPSA) is 81.8 Å². The third-order valence-corrected chi connectivity index (χ3v) is 5.92. The standard InChI is InChI=1S/C25H25N5O2/c1-16-7-9-18(10-8-16)13-26-22(31)15-29-25(32)24-20(23(28-29)19-11-12-19)14-27-30(24)21-6-4-3-5-17(21)2/h3-10,14,19H,11-13,15H2,1-2H3,(H,26,31). The molecule has 1 saturated carbocycles. The first-order valence-electron chi connectivity index (χ1n) is 10.9. The molecule has 0 bridgehead atoms. The van der Waals surface area contributed by atoms with Crippen LogP contribution in [0.2, 0.25) is 0 Å². The van der Waals surface area contributed by atoms with E-state index in [9.17, 15) is 9.59 Å². The fourth-order valence-corrected chi connectivity index (χ4v) is 3.94. The number of aromatic nitrogens is 4. The van der Waals surface area contributed by atoms with Crippen LogP contribution < -0.4 is 10.9 Å². The lowest BCUT2D eigenvalue weighted by molar-refractivity contribution is -0.122. The van der Waals surface area contributed by atoms with Crippen LogP contribution in [-0.4, -0.2) is 25.5 Å². The van der Waals surface area contributed by atoms with E-state index in [-0.39, 0.29) is 18.0 Å². The van der Waals surface area contributed by atoms with Crippen LogP contribution in [0.3, 0.4) is 0 Å². The van der Waals surface area contributed by atoms with E-state index in [0.29, 0.717) is 18.0 Å². The molecule has 1 fully saturated rings. The Morgan fingerprint density at radius 3 is 2.56 bits per heavy atom. The van der Waals surface area contributed by atoms with Gasteiger partial charge in [0, 0.05) is 17.8 Å². The van der Waals surface area contributed by atoms with Crippen LogP contribution in [0.5, 0.6) is 0 Å². The van der Waals surface area contributed by atoms with Gasteiger partial charge < -0.3 is 5.32 Å². The Balaban J connectivity index is 1.49. The van der Waals surface area contributed by atoms with E-state index in [0.717, 1.165) is 40.7 Å². The molecule has 7 heteroatoms. The molecule has 0 saturated heterocycles. The van der Waals surface area contributed by atoms with Crippen molar-refractivity contribution in [2.24, 2.45) is 0 Å². The summed E-state index contributed by atoms with van der Waals surface area (Å²) in [5, 5.41) is 12.8. The normalized spacial score (nSPS) is 13.4. The van der Waals surface area contributed by atoms with Crippen molar-refractivity contribution in [3.05, 3.63) is 87.5 Å². The fourth-order valence-electron chi connectivity index (χ4n) is 3.94. The van der Waals surface area contributed by atoms with Gasteiger partial charge in [0.05, 0.1) is 17.6 Å². The zero-order chi connectivity index (χ0) is 22.2. The quantitative estimate of drug-likeness (QED) is 0.511. The van der Waals surface area contributed by atoms with Gasteiger partial charge in [-0.2, -0.15) is 10.2 Å². The molecule has 32 heavy (non-hydrogen) atoms. The fraction of sp³-hybridized carbons (Fsp3) is 0.280. The van der Waals surface area contributed by atoms with E-state index >= 15 is 0 Å². The molecular formula is C25H25N5O2. The lowest BCUT2D eigenvalue weighted by Crippen LogP contribution is -2.34. The minimum absolute atomic E-state index is 0.126. The van der Waals surface area contributed by atoms with Gasteiger partial charge in [-0.1, -0.05) is 48.0 Å². The van der Waals surface area contributed by atoms with E-state index in [1.54, 1.807) is 10.9 Å². The van der Waals surface area contributed by atoms with Crippen molar-refractivity contribution in [3.63, 3.8) is 0 Å². The number of carbonyl (C=O) groups is 1. The number of rotatable bonds is 6. The number of carbonyl (C=O) groups excluding carboxylic acids is 1. The molecule has 2 heterocycles. The maximum Gasteiger partial charge on any atom is 0.293 e. The first kappa shape index (κ1) is 20.2. The predicted molar refractivity (Wildman–Crippen MR) is 123 cm³/mol. The molecule has 2 aromatic carbocycles. The van der Waals surface area contributed by atoms with E-state index in [1.165, 1.54) is 10.2 Å². The summed E-state index contributed by atoms with van der Waals surface area (Å²) in [5.41, 5.74) is 5.06. The molecule has 4 aromatic rings. The molecule has 1 amide bonds. The average molecular weight is 428 g/mol. The highest BCUT2D eigenvalue weighted by Crippen LogP contribution is 2.41. The van der Waals surface area contributed by atoms with E-state index < -0.39 is 0 Å². The molecule has 1 aliphatic carbocycles. The number of hydrogen-bond donors (Lipinski definition) is 1. The molecule has 5 rings (SSSR count). The van der Waals surface area contributed by atoms with Crippen LogP contribution in [0.4, 0.5) is 0 Å². The maximum absolute atomic E-state index is 13.4. The molecule has 2 aromatic heterocycles. The number of aryl methyl sites for hydroxylation is 2. The van der Waals surface area contributed by atoms with E-state index in [2.05, 4.69) is 15.5 Å². The van der Waals surface area contributed by atoms with Gasteiger partial charge in [-0.15, -0.1) is 0 Å². The SMILES string of the molecule is Cc1ccc(CNC(=O)Cn2nc(C3CC3)c3cnn(-c4ccccc4C)c3c2=O)cc1. The van der Waals surface area contributed by atoms with Crippen molar-refractivity contribution >= 4 is 16.8 Å². The Kier molecular flexibility index (Phi) is 5.09. The molecule has 0 spiro atoms. The Morgan fingerprint density at radius 2 is 1.84 bits per heavy atom. The Morgan fingerprint density at radius 1 is 1.09 bits per heavy atom. The zero-order valence-corrected chi connectivity index (χ0v) is 18.2. The average Bonchev–Trinajstić information content (AvgIpc) is 3.54. The molecule has 7 nitrogen and oxygen atoms in total. The summed E-state index contributed by atoms with van der Waals surface area (Å²) in [4.78, 5) is 26.0. The summed E-state index contributed by atoms with van der Waals surface area (Å²) < 4.78 is 2.97. The second kappa shape index (κ2) is 8.07. The van der Waals surface area contributed by atoms with Crippen molar-refractivity contribution in [2.45, 2.75) is 45.7 Å². The summed E-state index contributed by atoms with van der Waals surface area (Å²) in [6, 6.07) is 15.8. The monoisotopic (exact) mass is 427 g/mol. The van der Waals surface area contributed by atoms with Gasteiger partial charge in [-0.3, -0.25) is 9.59 Å². The number of nitrogens with zero attached hydrogens (tertiary/aromatic N) is 4. The highest BCUT2D eigenvalue weighted by molar-refractivity contribution is 5.83. The molecule has 1 N–H and O–H groups in total. The molecule has 0 radical (unpaired) electrons. The number of nitrogens with one attached hydrogen (secondary N) is 1. The number of benzene rings is 2. The Bertz CT molecular complexity index is 1360. The lowest BCUT2D eigenvalue weighted by atomic mass is 10.1. The van der Waals surface area contributed by atoms with E-state index in [1.807, 2.05) is 62.4 Å². The third kappa shape index (κ3) is 3.82. The minimum Gasteiger partial charge on any atom is -0.350 e. The van der Waals surface area contributed by atoms with Crippen molar-refractivity contribution < 1.29 is 4.79 Å². The summed E-state index contributed by atoms with van der Waals surface area (Å²) in [6.07, 6.45) is 3.80. The highest BCUT2D eigenvalue weighted by atomic mass is 16.2. The van der Waals surface area contributed by atoms with Crippen LogP contribution in [0.15, 0.2) is 59.5 Å². The van der Waals surface area contributed by atoms with Gasteiger partial charge in [0.2, 0.25) is 5.91 Å². The Labute approximate surface area is 185 Å². The number of fused-ring (bicyclic) bond motifs is 1. The number of amides is 1. The first-order valence-corrected chi connectivity index (χ1v) is 10.9. The number of para-hydroxylation sites is 1. The number of hydrogen-bond acceptors (Lipinski definition) is 4. The highest BCUT2D eigenvalue weighted by Gasteiger charge is 2.30. The smallest absolute Gasteiger partial charge is 0.293 e. The second-order valence-electron chi connectivity index (χ2n) is 8.49. The largest absolute Gasteiger partial charge is 0.350 e. The van der Waals surface area contributed by atoms with Crippen LogP contribution in [0, 0.1) is 13.8 Å². The van der Waals surface area contributed by atoms with Gasteiger partial charge in [0.15, 0.2) is 0 Å². The van der Waals surface area contributed by atoms with Crippen molar-refractivity contribution in [3.8, 4) is 5.69 Å². The van der Waals surface area contributed by atoms with Crippen LogP contribution in [0.1, 0.15) is 41.1 Å². The van der Waals surface area contributed by atoms with Gasteiger partial charge >= 0.3 is 0 Å². The molecule has 0 unspecified atom stereocenters. The van der Waals surface area contributed by atoms with Crippen molar-refractivity contribution in [1.29, 1.82) is 0 Å². The molecule has 0 atom stereocenters. The molecule has 0 aliphatic heterocycles. The molecule has 1 aliphatic rings. The summed E-state index contributed by atoms with van der Waals surface area (Å²) in [6.45, 7) is 4.30. The maximum atomic E-state index is 13.4. The van der Waals surface area contributed by atoms with E-state index in [4.69, 9.17) is 0 Å². The molecular weight excluding hydrogens is 402 g/mol. The van der Waals surface area contributed by atoms with Crippen LogP contribution in [0.25, 0.3) is 16.6 Å². The first-order chi connectivity index (χ1) is 15.5. The van der Waals surface area contributed by atoms with Gasteiger partial charge in [-0.25, -0.2) is 9.36 Å². The van der Waals surface area contributed by atoms with Crippen LogP contribution in [-0.2, 0) is 17.9 Å². The second-order valence-corrected chi connectivity index (χ2v) is 8.49. The summed E-state index contributed by atoms with van der Waals surface area (Å²) >= 11 is 0. The summed E-state index contributed by atoms with van der Waals surface area (Å²) in [5.74, 6) is 0.0673. The van der Waals surface area contributed by atoms with Crippen molar-refractivity contribution in [2.75, 3.05) is 0 Å². The predicted octanol–water partition coefficient (Wildman–Crippen LogP) is 3.39. The summed E-state index contributed by atoms with van der Waals surface area (Å²) in [7, 11) is 0. The zero-order valence-electron chi connectivity index (χ0n) is 18.2. The minimum atomic E-state index is -0.310. The van der Waals surface area contributed by atoms with Gasteiger partial charge in [-0.05, 0) is 43.9 Å². The van der Waals surface area contributed by atoms with Gasteiger partial charge in [0.25, 0.3) is 5.56 Å². The lowest BCUT2D eigenvalue weighted by Gasteiger charge is -2.11. The van der Waals surface area contributed by atoms with Crippen molar-refractivity contribution in [1.82, 2.24) is 24.9 Å². The van der Waals surface area contributed by atoms with Gasteiger partial charge in [0.1, 0.15) is 12.1 Å². The van der Waals surface area contributed by atoms with Crippen LogP contribution >= 0.6 is 0 Å². The Hall–Kier alpha value is -3.74.